The zero-order valence-electron chi connectivity index (χ0n) is 12.3. The molecule has 0 amide bonds. The maximum Gasteiger partial charge on any atom is 0.119 e. The molecule has 0 aliphatic carbocycles. The lowest BCUT2D eigenvalue weighted by Gasteiger charge is -2.19. The number of hydrazine groups is 1. The van der Waals surface area contributed by atoms with E-state index < -0.39 is 0 Å². The van der Waals surface area contributed by atoms with E-state index in [-0.39, 0.29) is 6.04 Å². The van der Waals surface area contributed by atoms with Gasteiger partial charge in [-0.3, -0.25) is 16.0 Å². The zero-order valence-corrected chi connectivity index (χ0v) is 13.9. The van der Waals surface area contributed by atoms with E-state index in [9.17, 15) is 0 Å². The van der Waals surface area contributed by atoms with Gasteiger partial charge in [0.25, 0.3) is 0 Å². The predicted octanol–water partition coefficient (Wildman–Crippen LogP) is 2.81. The summed E-state index contributed by atoms with van der Waals surface area (Å²) >= 11 is 3.57. The fourth-order valence-electron chi connectivity index (χ4n) is 2.38. The summed E-state index contributed by atoms with van der Waals surface area (Å²) in [6.45, 7) is 3.00. The first-order valence-corrected chi connectivity index (χ1v) is 7.79. The normalized spacial score (nSPS) is 12.4. The average molecular weight is 353 g/mol. The Hall–Kier alpha value is -1.37. The summed E-state index contributed by atoms with van der Waals surface area (Å²) in [5.41, 5.74) is 5.13. The van der Waals surface area contributed by atoms with Gasteiger partial charge in [0.05, 0.1) is 29.5 Å². The second-order valence-electron chi connectivity index (χ2n) is 4.88. The molecule has 0 saturated carbocycles. The molecule has 0 fully saturated rings. The number of hydrogen-bond donors (Lipinski definition) is 2. The van der Waals surface area contributed by atoms with Crippen LogP contribution in [0.5, 0.6) is 5.75 Å². The van der Waals surface area contributed by atoms with Crippen LogP contribution in [-0.2, 0) is 13.0 Å². The van der Waals surface area contributed by atoms with Crippen LogP contribution in [0.3, 0.4) is 0 Å². The average Bonchev–Trinajstić information content (AvgIpc) is 2.86. The number of ether oxygens (including phenoxy) is 1. The van der Waals surface area contributed by atoms with Gasteiger partial charge < -0.3 is 4.74 Å². The minimum atomic E-state index is -0.0134. The number of halogens is 1. The van der Waals surface area contributed by atoms with Crippen molar-refractivity contribution in [1.29, 1.82) is 0 Å². The predicted molar refractivity (Wildman–Crippen MR) is 87.0 cm³/mol. The topological polar surface area (TPSA) is 65.1 Å². The van der Waals surface area contributed by atoms with Gasteiger partial charge in [-0.25, -0.2) is 0 Å². The van der Waals surface area contributed by atoms with Crippen LogP contribution in [-0.4, -0.2) is 16.9 Å². The van der Waals surface area contributed by atoms with E-state index in [2.05, 4.69) is 39.4 Å². The Balaban J connectivity index is 2.25. The molecular formula is C15H21BrN4O. The molecule has 0 radical (unpaired) electrons. The van der Waals surface area contributed by atoms with E-state index in [0.29, 0.717) is 0 Å². The van der Waals surface area contributed by atoms with Gasteiger partial charge in [0.1, 0.15) is 5.75 Å². The van der Waals surface area contributed by atoms with Crippen LogP contribution in [0, 0.1) is 0 Å². The van der Waals surface area contributed by atoms with Crippen LogP contribution in [0.1, 0.15) is 30.6 Å². The lowest BCUT2D eigenvalue weighted by atomic mass is 10.0. The minimum Gasteiger partial charge on any atom is -0.497 e. The van der Waals surface area contributed by atoms with E-state index in [1.807, 2.05) is 29.1 Å². The molecule has 0 aliphatic rings. The molecule has 5 nitrogen and oxygen atoms in total. The van der Waals surface area contributed by atoms with E-state index in [0.717, 1.165) is 40.9 Å². The maximum atomic E-state index is 5.77. The number of benzene rings is 1. The number of aromatic nitrogens is 2. The summed E-state index contributed by atoms with van der Waals surface area (Å²) in [7, 11) is 1.67. The SMILES string of the molecule is CCCn1ncc(Br)c1C(Cc1cccc(OC)c1)NN. The number of hydrogen-bond acceptors (Lipinski definition) is 4. The van der Waals surface area contributed by atoms with Gasteiger partial charge in [0.2, 0.25) is 0 Å². The summed E-state index contributed by atoms with van der Waals surface area (Å²) in [4.78, 5) is 0. The molecule has 0 spiro atoms. The van der Waals surface area contributed by atoms with Gasteiger partial charge >= 0.3 is 0 Å². The van der Waals surface area contributed by atoms with Crippen LogP contribution in [0.15, 0.2) is 34.9 Å². The number of nitrogens with two attached hydrogens (primary N) is 1. The molecule has 114 valence electrons. The molecule has 0 aliphatic heterocycles. The molecule has 2 aromatic rings. The molecule has 1 atom stereocenters. The van der Waals surface area contributed by atoms with Gasteiger partial charge in [-0.05, 0) is 46.5 Å². The number of aryl methyl sites for hydroxylation is 1. The Bertz CT molecular complexity index is 585. The van der Waals surface area contributed by atoms with Crippen molar-refractivity contribution in [1.82, 2.24) is 15.2 Å². The van der Waals surface area contributed by atoms with Crippen molar-refractivity contribution in [2.75, 3.05) is 7.11 Å². The maximum absolute atomic E-state index is 5.77. The van der Waals surface area contributed by atoms with E-state index in [1.54, 1.807) is 7.11 Å². The first-order chi connectivity index (χ1) is 10.2. The molecule has 0 bridgehead atoms. The fourth-order valence-corrected chi connectivity index (χ4v) is 2.95. The largest absolute Gasteiger partial charge is 0.497 e. The van der Waals surface area contributed by atoms with Gasteiger partial charge in [-0.1, -0.05) is 19.1 Å². The molecule has 3 N–H and O–H groups in total. The van der Waals surface area contributed by atoms with Gasteiger partial charge in [-0.2, -0.15) is 5.10 Å². The van der Waals surface area contributed by atoms with Crippen LogP contribution < -0.4 is 16.0 Å². The Morgan fingerprint density at radius 2 is 2.29 bits per heavy atom. The highest BCUT2D eigenvalue weighted by Crippen LogP contribution is 2.27. The van der Waals surface area contributed by atoms with Gasteiger partial charge in [-0.15, -0.1) is 0 Å². The fraction of sp³-hybridized carbons (Fsp3) is 0.400. The van der Waals surface area contributed by atoms with Crippen LogP contribution in [0.2, 0.25) is 0 Å². The quantitative estimate of drug-likeness (QED) is 0.594. The molecule has 1 aromatic carbocycles. The highest BCUT2D eigenvalue weighted by Gasteiger charge is 2.19. The Labute approximate surface area is 133 Å². The Morgan fingerprint density at radius 3 is 2.95 bits per heavy atom. The standard InChI is InChI=1S/C15H21BrN4O/c1-3-7-20-15(13(16)10-18-20)14(19-17)9-11-5-4-6-12(8-11)21-2/h4-6,8,10,14,19H,3,7,9,17H2,1-2H3. The van der Waals surface area contributed by atoms with Crippen molar-refractivity contribution in [3.63, 3.8) is 0 Å². The van der Waals surface area contributed by atoms with Gasteiger partial charge in [0.15, 0.2) is 0 Å². The molecule has 0 saturated heterocycles. The monoisotopic (exact) mass is 352 g/mol. The lowest BCUT2D eigenvalue weighted by Crippen LogP contribution is -2.31. The molecule has 2 rings (SSSR count). The molecule has 1 unspecified atom stereocenters. The number of nitrogens with one attached hydrogen (secondary N) is 1. The number of rotatable bonds is 7. The summed E-state index contributed by atoms with van der Waals surface area (Å²) in [5.74, 6) is 6.62. The van der Waals surface area contributed by atoms with Crippen LogP contribution in [0.4, 0.5) is 0 Å². The molecule has 1 aromatic heterocycles. The summed E-state index contributed by atoms with van der Waals surface area (Å²) in [6.07, 6.45) is 3.61. The van der Waals surface area contributed by atoms with E-state index in [1.165, 1.54) is 0 Å². The third-order valence-corrected chi connectivity index (χ3v) is 3.98. The molecule has 6 heteroatoms. The smallest absolute Gasteiger partial charge is 0.119 e. The van der Waals surface area contributed by atoms with E-state index in [4.69, 9.17) is 10.6 Å². The summed E-state index contributed by atoms with van der Waals surface area (Å²) in [5, 5.41) is 4.40. The second kappa shape index (κ2) is 7.59. The van der Waals surface area contributed by atoms with Gasteiger partial charge in [0, 0.05) is 6.54 Å². The zero-order chi connectivity index (χ0) is 15.2. The summed E-state index contributed by atoms with van der Waals surface area (Å²) in [6, 6.07) is 8.01. The third-order valence-electron chi connectivity index (χ3n) is 3.37. The minimum absolute atomic E-state index is 0.0134. The molecular weight excluding hydrogens is 332 g/mol. The molecule has 1 heterocycles. The van der Waals surface area contributed by atoms with Crippen molar-refractivity contribution in [2.45, 2.75) is 32.4 Å². The third kappa shape index (κ3) is 3.84. The first-order valence-electron chi connectivity index (χ1n) is 6.99. The van der Waals surface area contributed by atoms with Crippen molar-refractivity contribution in [3.05, 3.63) is 46.2 Å². The van der Waals surface area contributed by atoms with Crippen molar-refractivity contribution < 1.29 is 4.74 Å². The van der Waals surface area contributed by atoms with Crippen molar-refractivity contribution >= 4 is 15.9 Å². The van der Waals surface area contributed by atoms with E-state index >= 15 is 0 Å². The first kappa shape index (κ1) is 16.0. The Kier molecular flexibility index (Phi) is 5.78. The highest BCUT2D eigenvalue weighted by molar-refractivity contribution is 9.10. The Morgan fingerprint density at radius 1 is 1.48 bits per heavy atom. The lowest BCUT2D eigenvalue weighted by molar-refractivity contribution is 0.413. The highest BCUT2D eigenvalue weighted by atomic mass is 79.9. The van der Waals surface area contributed by atoms with Crippen molar-refractivity contribution in [3.8, 4) is 5.75 Å². The summed E-state index contributed by atoms with van der Waals surface area (Å²) < 4.78 is 8.24. The van der Waals surface area contributed by atoms with Crippen molar-refractivity contribution in [2.24, 2.45) is 5.84 Å². The van der Waals surface area contributed by atoms with Crippen LogP contribution in [0.25, 0.3) is 0 Å². The number of methoxy groups -OCH3 is 1. The number of nitrogens with zero attached hydrogens (tertiary/aromatic N) is 2. The molecule has 21 heavy (non-hydrogen) atoms. The van der Waals surface area contributed by atoms with Crippen LogP contribution >= 0.6 is 15.9 Å². The second-order valence-corrected chi connectivity index (χ2v) is 5.73.